The van der Waals surface area contributed by atoms with Crippen LogP contribution in [0, 0.1) is 0 Å². The minimum atomic E-state index is -0.347. The van der Waals surface area contributed by atoms with E-state index < -0.39 is 0 Å². The maximum absolute atomic E-state index is 12.2. The van der Waals surface area contributed by atoms with Crippen LogP contribution < -0.4 is 20.3 Å². The van der Waals surface area contributed by atoms with Gasteiger partial charge in [-0.05, 0) is 30.7 Å². The first-order valence-corrected chi connectivity index (χ1v) is 6.79. The molecule has 2 aromatic rings. The molecule has 0 bridgehead atoms. The monoisotopic (exact) mass is 301 g/mol. The van der Waals surface area contributed by atoms with Crippen molar-refractivity contribution in [1.29, 1.82) is 0 Å². The highest BCUT2D eigenvalue weighted by Gasteiger charge is 2.18. The topological polar surface area (TPSA) is 82.5 Å². The normalized spacial score (nSPS) is 13.7. The minimum absolute atomic E-state index is 0.190. The lowest BCUT2D eigenvalue weighted by Gasteiger charge is -2.14. The van der Waals surface area contributed by atoms with Gasteiger partial charge in [0.1, 0.15) is 5.69 Å². The molecule has 3 rings (SSSR count). The predicted molar refractivity (Wildman–Crippen MR) is 77.9 cm³/mol. The molecule has 0 saturated heterocycles. The van der Waals surface area contributed by atoms with E-state index in [2.05, 4.69) is 10.4 Å². The summed E-state index contributed by atoms with van der Waals surface area (Å²) in [5, 5.41) is 6.76. The molecule has 22 heavy (non-hydrogen) atoms. The lowest BCUT2D eigenvalue weighted by atomic mass is 10.1. The van der Waals surface area contributed by atoms with Crippen LogP contribution in [0.3, 0.4) is 0 Å². The van der Waals surface area contributed by atoms with Gasteiger partial charge in [0.05, 0.1) is 6.04 Å². The van der Waals surface area contributed by atoms with Crippen LogP contribution in [0.2, 0.25) is 0 Å². The van der Waals surface area contributed by atoms with Crippen LogP contribution in [0.15, 0.2) is 35.1 Å². The van der Waals surface area contributed by atoms with Crippen molar-refractivity contribution in [3.63, 3.8) is 0 Å². The SMILES string of the molecule is C[C@H](NC(=O)c1ccc(=O)n(C)n1)c1ccc2c(c1)OCO2. The molecule has 1 atom stereocenters. The average Bonchev–Trinajstić information content (AvgIpc) is 2.97. The lowest BCUT2D eigenvalue weighted by Crippen LogP contribution is -2.30. The third kappa shape index (κ3) is 2.65. The van der Waals surface area contributed by atoms with Gasteiger partial charge in [0.25, 0.3) is 11.5 Å². The summed E-state index contributed by atoms with van der Waals surface area (Å²) in [5.74, 6) is 1.02. The maximum atomic E-state index is 12.2. The summed E-state index contributed by atoms with van der Waals surface area (Å²) in [7, 11) is 1.50. The summed E-state index contributed by atoms with van der Waals surface area (Å²) in [6.45, 7) is 2.07. The summed E-state index contributed by atoms with van der Waals surface area (Å²) in [5.41, 5.74) is 0.817. The van der Waals surface area contributed by atoms with Crippen molar-refractivity contribution in [3.8, 4) is 11.5 Å². The zero-order valence-corrected chi connectivity index (χ0v) is 12.2. The Morgan fingerprint density at radius 1 is 1.27 bits per heavy atom. The third-order valence-electron chi connectivity index (χ3n) is 3.44. The fourth-order valence-electron chi connectivity index (χ4n) is 2.16. The number of carbonyl (C=O) groups is 1. The summed E-state index contributed by atoms with van der Waals surface area (Å²) in [6, 6.07) is 8.00. The molecule has 0 radical (unpaired) electrons. The van der Waals surface area contributed by atoms with Gasteiger partial charge in [-0.15, -0.1) is 0 Å². The Bertz CT molecular complexity index is 785. The first-order valence-electron chi connectivity index (χ1n) is 6.79. The number of aromatic nitrogens is 2. The minimum Gasteiger partial charge on any atom is -0.454 e. The van der Waals surface area contributed by atoms with E-state index in [1.54, 1.807) is 0 Å². The molecular weight excluding hydrogens is 286 g/mol. The molecular formula is C15H15N3O4. The molecule has 1 aromatic carbocycles. The van der Waals surface area contributed by atoms with Crippen LogP contribution in [0.4, 0.5) is 0 Å². The van der Waals surface area contributed by atoms with Crippen LogP contribution in [0.25, 0.3) is 0 Å². The lowest BCUT2D eigenvalue weighted by molar-refractivity contribution is 0.0932. The van der Waals surface area contributed by atoms with Crippen molar-refractivity contribution in [2.45, 2.75) is 13.0 Å². The Labute approximate surface area is 126 Å². The standard InChI is InChI=1S/C15H15N3O4/c1-9(10-3-5-12-13(7-10)22-8-21-12)16-15(20)11-4-6-14(19)18(2)17-11/h3-7,9H,8H2,1-2H3,(H,16,20)/t9-/m0/s1. The van der Waals surface area contributed by atoms with Gasteiger partial charge in [0, 0.05) is 13.1 Å². The summed E-state index contributed by atoms with van der Waals surface area (Å²) >= 11 is 0. The van der Waals surface area contributed by atoms with E-state index in [4.69, 9.17) is 9.47 Å². The third-order valence-corrected chi connectivity index (χ3v) is 3.44. The number of carbonyl (C=O) groups excluding carboxylic acids is 1. The number of amides is 1. The van der Waals surface area contributed by atoms with Gasteiger partial charge in [-0.25, -0.2) is 4.68 Å². The van der Waals surface area contributed by atoms with E-state index in [-0.39, 0.29) is 30.0 Å². The Morgan fingerprint density at radius 3 is 2.82 bits per heavy atom. The largest absolute Gasteiger partial charge is 0.454 e. The number of ether oxygens (including phenoxy) is 2. The number of rotatable bonds is 3. The van der Waals surface area contributed by atoms with Gasteiger partial charge in [-0.3, -0.25) is 9.59 Å². The molecule has 7 nitrogen and oxygen atoms in total. The van der Waals surface area contributed by atoms with Gasteiger partial charge < -0.3 is 14.8 Å². The molecule has 1 amide bonds. The molecule has 0 saturated carbocycles. The van der Waals surface area contributed by atoms with E-state index in [1.165, 1.54) is 19.2 Å². The van der Waals surface area contributed by atoms with Gasteiger partial charge in [0.2, 0.25) is 6.79 Å². The van der Waals surface area contributed by atoms with Gasteiger partial charge in [-0.2, -0.15) is 5.10 Å². The summed E-state index contributed by atoms with van der Waals surface area (Å²) in [6.07, 6.45) is 0. The molecule has 0 spiro atoms. The fraction of sp³-hybridized carbons (Fsp3) is 0.267. The van der Waals surface area contributed by atoms with Crippen molar-refractivity contribution in [3.05, 3.63) is 51.9 Å². The molecule has 114 valence electrons. The van der Waals surface area contributed by atoms with Crippen molar-refractivity contribution < 1.29 is 14.3 Å². The molecule has 0 aliphatic carbocycles. The molecule has 2 heterocycles. The molecule has 1 N–H and O–H groups in total. The van der Waals surface area contributed by atoms with Crippen LogP contribution >= 0.6 is 0 Å². The van der Waals surface area contributed by atoms with Gasteiger partial charge in [0.15, 0.2) is 11.5 Å². The van der Waals surface area contributed by atoms with Crippen LogP contribution in [0.1, 0.15) is 29.0 Å². The van der Waals surface area contributed by atoms with E-state index in [1.807, 2.05) is 25.1 Å². The number of fused-ring (bicyclic) bond motifs is 1. The average molecular weight is 301 g/mol. The highest BCUT2D eigenvalue weighted by Crippen LogP contribution is 2.34. The van der Waals surface area contributed by atoms with Crippen molar-refractivity contribution in [1.82, 2.24) is 15.1 Å². The maximum Gasteiger partial charge on any atom is 0.272 e. The Hall–Kier alpha value is -2.83. The Balaban J connectivity index is 1.75. The van der Waals surface area contributed by atoms with Crippen molar-refractivity contribution in [2.75, 3.05) is 6.79 Å². The second-order valence-corrected chi connectivity index (χ2v) is 4.99. The predicted octanol–water partition coefficient (Wildman–Crippen LogP) is 1.000. The first-order chi connectivity index (χ1) is 10.5. The zero-order chi connectivity index (χ0) is 15.7. The van der Waals surface area contributed by atoms with Gasteiger partial charge >= 0.3 is 0 Å². The number of hydrogen-bond donors (Lipinski definition) is 1. The Kier molecular flexibility index (Phi) is 3.54. The molecule has 7 heteroatoms. The highest BCUT2D eigenvalue weighted by molar-refractivity contribution is 5.92. The molecule has 1 aromatic heterocycles. The van der Waals surface area contributed by atoms with Crippen LogP contribution in [-0.2, 0) is 7.05 Å². The fourth-order valence-corrected chi connectivity index (χ4v) is 2.16. The van der Waals surface area contributed by atoms with Crippen LogP contribution in [-0.4, -0.2) is 22.5 Å². The van der Waals surface area contributed by atoms with Crippen molar-refractivity contribution in [2.24, 2.45) is 7.05 Å². The first kappa shape index (κ1) is 14.1. The second-order valence-electron chi connectivity index (χ2n) is 4.99. The zero-order valence-electron chi connectivity index (χ0n) is 12.2. The molecule has 0 fully saturated rings. The molecule has 0 unspecified atom stereocenters. The van der Waals surface area contributed by atoms with Gasteiger partial charge in [-0.1, -0.05) is 6.07 Å². The second kappa shape index (κ2) is 5.51. The highest BCUT2D eigenvalue weighted by atomic mass is 16.7. The molecule has 1 aliphatic rings. The van der Waals surface area contributed by atoms with E-state index in [0.717, 1.165) is 10.2 Å². The number of nitrogens with one attached hydrogen (secondary N) is 1. The van der Waals surface area contributed by atoms with E-state index >= 15 is 0 Å². The quantitative estimate of drug-likeness (QED) is 0.914. The Morgan fingerprint density at radius 2 is 2.05 bits per heavy atom. The smallest absolute Gasteiger partial charge is 0.272 e. The number of hydrogen-bond acceptors (Lipinski definition) is 5. The van der Waals surface area contributed by atoms with E-state index in [9.17, 15) is 9.59 Å². The van der Waals surface area contributed by atoms with E-state index in [0.29, 0.717) is 11.5 Å². The summed E-state index contributed by atoms with van der Waals surface area (Å²) < 4.78 is 11.7. The number of nitrogens with zero attached hydrogens (tertiary/aromatic N) is 2. The number of aryl methyl sites for hydroxylation is 1. The number of benzene rings is 1. The summed E-state index contributed by atoms with van der Waals surface area (Å²) in [4.78, 5) is 23.5. The van der Waals surface area contributed by atoms with Crippen molar-refractivity contribution >= 4 is 5.91 Å². The van der Waals surface area contributed by atoms with Crippen LogP contribution in [0.5, 0.6) is 11.5 Å². The molecule has 1 aliphatic heterocycles.